The molecule has 0 bridgehead atoms. The lowest BCUT2D eigenvalue weighted by molar-refractivity contribution is -0.124. The van der Waals surface area contributed by atoms with E-state index in [1.165, 1.54) is 6.07 Å². The molecule has 2 N–H and O–H groups in total. The minimum atomic E-state index is -0.764. The number of halogens is 1. The van der Waals surface area contributed by atoms with E-state index in [-0.39, 0.29) is 0 Å². The number of benzene rings is 3. The van der Waals surface area contributed by atoms with Crippen molar-refractivity contribution < 1.29 is 23.4 Å². The Kier molecular flexibility index (Phi) is 7.47. The van der Waals surface area contributed by atoms with Crippen LogP contribution in [0.25, 0.3) is 33.8 Å². The summed E-state index contributed by atoms with van der Waals surface area (Å²) in [5.74, 6) is 1.74. The van der Waals surface area contributed by atoms with E-state index in [2.05, 4.69) is 14.6 Å². The summed E-state index contributed by atoms with van der Waals surface area (Å²) in [6.07, 6.45) is 2.99. The molecule has 11 heteroatoms. The van der Waals surface area contributed by atoms with Gasteiger partial charge in [-0.05, 0) is 49.1 Å². The fourth-order valence-electron chi connectivity index (χ4n) is 5.13. The van der Waals surface area contributed by atoms with Gasteiger partial charge >= 0.3 is 0 Å². The van der Waals surface area contributed by atoms with Crippen LogP contribution in [-0.2, 0) is 17.9 Å². The predicted molar refractivity (Wildman–Crippen MR) is 155 cm³/mol. The monoisotopic (exact) mass is 570 g/mol. The van der Waals surface area contributed by atoms with Gasteiger partial charge in [0.1, 0.15) is 40.7 Å². The van der Waals surface area contributed by atoms with Crippen LogP contribution < -0.4 is 19.9 Å². The Morgan fingerprint density at radius 2 is 1.95 bits per heavy atom. The lowest BCUT2D eigenvalue weighted by atomic mass is 10.1. The van der Waals surface area contributed by atoms with Gasteiger partial charge in [0.2, 0.25) is 0 Å². The van der Waals surface area contributed by atoms with Crippen LogP contribution in [0.1, 0.15) is 31.7 Å². The maximum Gasteiger partial charge on any atom is 0.258 e. The first-order valence-corrected chi connectivity index (χ1v) is 13.9. The fraction of sp³-hybridized carbons (Fsp3) is 0.290. The predicted octanol–water partition coefficient (Wildman–Crippen LogP) is 4.97. The molecule has 0 saturated heterocycles. The molecule has 0 radical (unpaired) electrons. The van der Waals surface area contributed by atoms with Gasteiger partial charge in [0.15, 0.2) is 11.9 Å². The number of carbonyl (C=O) groups excluding carboxylic acids is 1. The third-order valence-electron chi connectivity index (χ3n) is 7.29. The Labute approximate surface area is 241 Å². The van der Waals surface area contributed by atoms with Crippen LogP contribution in [0.15, 0.2) is 60.9 Å². The van der Waals surface area contributed by atoms with Gasteiger partial charge in [0.25, 0.3) is 5.91 Å². The number of amides is 1. The number of imidazole rings is 1. The van der Waals surface area contributed by atoms with Gasteiger partial charge in [-0.3, -0.25) is 4.79 Å². The molecule has 3 aromatic carbocycles. The van der Waals surface area contributed by atoms with E-state index in [0.717, 1.165) is 29.7 Å². The molecule has 2 aromatic heterocycles. The maximum absolute atomic E-state index is 15.6. The largest absolute Gasteiger partial charge is 0.497 e. The van der Waals surface area contributed by atoms with Crippen molar-refractivity contribution in [2.45, 2.75) is 45.4 Å². The summed E-state index contributed by atoms with van der Waals surface area (Å²) >= 11 is 0. The summed E-state index contributed by atoms with van der Waals surface area (Å²) in [5, 5.41) is 4.50. The molecule has 0 saturated carbocycles. The zero-order valence-corrected chi connectivity index (χ0v) is 23.4. The van der Waals surface area contributed by atoms with Crippen molar-refractivity contribution in [2.75, 3.05) is 13.7 Å². The minimum Gasteiger partial charge on any atom is -0.497 e. The molecule has 1 aliphatic heterocycles. The third-order valence-corrected chi connectivity index (χ3v) is 7.29. The molecule has 1 aliphatic rings. The molecule has 6 rings (SSSR count). The second-order valence-corrected chi connectivity index (χ2v) is 10.2. The molecule has 3 heterocycles. The molecule has 1 atom stereocenters. The van der Waals surface area contributed by atoms with E-state index in [0.29, 0.717) is 65.9 Å². The number of rotatable bonds is 9. The van der Waals surface area contributed by atoms with E-state index in [4.69, 9.17) is 24.9 Å². The maximum atomic E-state index is 15.6. The van der Waals surface area contributed by atoms with E-state index in [1.54, 1.807) is 36.3 Å². The Bertz CT molecular complexity index is 1750. The molecule has 0 fully saturated rings. The lowest BCUT2D eigenvalue weighted by Gasteiger charge is -2.18. The summed E-state index contributed by atoms with van der Waals surface area (Å²) < 4.78 is 36.4. The SMILES string of the molecule is CC[C@H](Oc1cc2c3c(c1)nc(-c1ccc(-c4ncn(Cc5ccc(OC)cc5)n4)c(F)c1)n3CCCCO2)C(N)=O. The quantitative estimate of drug-likeness (QED) is 0.266. The highest BCUT2D eigenvalue weighted by atomic mass is 19.1. The number of hydrogen-bond acceptors (Lipinski definition) is 7. The number of nitrogens with zero attached hydrogens (tertiary/aromatic N) is 5. The fourth-order valence-corrected chi connectivity index (χ4v) is 5.13. The Morgan fingerprint density at radius 3 is 2.69 bits per heavy atom. The van der Waals surface area contributed by atoms with Crippen LogP contribution in [0.3, 0.4) is 0 Å². The molecule has 42 heavy (non-hydrogen) atoms. The Balaban J connectivity index is 1.32. The van der Waals surface area contributed by atoms with Gasteiger partial charge in [-0.25, -0.2) is 19.0 Å². The topological polar surface area (TPSA) is 119 Å². The summed E-state index contributed by atoms with van der Waals surface area (Å²) in [6.45, 7) is 3.57. The third kappa shape index (κ3) is 5.37. The normalized spacial score (nSPS) is 13.7. The molecule has 0 spiro atoms. The average molecular weight is 571 g/mol. The van der Waals surface area contributed by atoms with Crippen molar-refractivity contribution in [3.05, 3.63) is 72.3 Å². The second kappa shape index (κ2) is 11.5. The minimum absolute atomic E-state index is 0.299. The number of ether oxygens (including phenoxy) is 3. The number of methoxy groups -OCH3 is 1. The molecule has 216 valence electrons. The molecular formula is C31H31FN6O4. The molecule has 5 aromatic rings. The summed E-state index contributed by atoms with van der Waals surface area (Å²) in [4.78, 5) is 21.0. The summed E-state index contributed by atoms with van der Waals surface area (Å²) in [5.41, 5.74) is 8.85. The number of aryl methyl sites for hydroxylation is 1. The molecule has 1 amide bonds. The number of carbonyl (C=O) groups is 1. The van der Waals surface area contributed by atoms with Gasteiger partial charge in [-0.15, -0.1) is 0 Å². The Hall–Kier alpha value is -4.93. The number of primary amides is 1. The zero-order chi connectivity index (χ0) is 29.2. The van der Waals surface area contributed by atoms with Crippen LogP contribution in [0.2, 0.25) is 0 Å². The van der Waals surface area contributed by atoms with Crippen LogP contribution in [-0.4, -0.2) is 50.0 Å². The van der Waals surface area contributed by atoms with Gasteiger partial charge in [0, 0.05) is 24.2 Å². The van der Waals surface area contributed by atoms with E-state index >= 15 is 4.39 Å². The van der Waals surface area contributed by atoms with Gasteiger partial charge in [-0.1, -0.05) is 25.1 Å². The first-order chi connectivity index (χ1) is 20.4. The van der Waals surface area contributed by atoms with E-state index in [9.17, 15) is 4.79 Å². The van der Waals surface area contributed by atoms with Crippen LogP contribution in [0.4, 0.5) is 4.39 Å². The zero-order valence-electron chi connectivity index (χ0n) is 23.4. The molecule has 0 unspecified atom stereocenters. The van der Waals surface area contributed by atoms with Crippen molar-refractivity contribution >= 4 is 16.9 Å². The van der Waals surface area contributed by atoms with Crippen molar-refractivity contribution in [1.82, 2.24) is 24.3 Å². The number of aromatic nitrogens is 5. The Morgan fingerprint density at radius 1 is 1.12 bits per heavy atom. The average Bonchev–Trinajstić information content (AvgIpc) is 3.59. The number of nitrogens with two attached hydrogens (primary N) is 1. The highest BCUT2D eigenvalue weighted by molar-refractivity contribution is 5.88. The van der Waals surface area contributed by atoms with Crippen molar-refractivity contribution in [1.29, 1.82) is 0 Å². The first kappa shape index (κ1) is 27.3. The van der Waals surface area contributed by atoms with Crippen molar-refractivity contribution in [3.8, 4) is 40.0 Å². The van der Waals surface area contributed by atoms with Gasteiger partial charge < -0.3 is 24.5 Å². The van der Waals surface area contributed by atoms with Crippen LogP contribution in [0.5, 0.6) is 17.2 Å². The van der Waals surface area contributed by atoms with E-state index in [1.807, 2.05) is 37.3 Å². The second-order valence-electron chi connectivity index (χ2n) is 10.2. The standard InChI is InChI=1S/C31H31FN6O4/c1-3-26(29(33)39)42-22-15-25-28-27(16-22)41-13-5-4-12-38(28)31(35-25)20-8-11-23(24(32)14-20)30-34-18-37(36-30)17-19-6-9-21(40-2)10-7-19/h6-11,14-16,18,26H,3-5,12-13,17H2,1-2H3,(H2,33,39)/t26-/m0/s1. The molecule has 0 aliphatic carbocycles. The smallest absolute Gasteiger partial charge is 0.258 e. The van der Waals surface area contributed by atoms with Gasteiger partial charge in [-0.2, -0.15) is 5.10 Å². The first-order valence-electron chi connectivity index (χ1n) is 13.9. The summed E-state index contributed by atoms with van der Waals surface area (Å²) in [6, 6.07) is 16.2. The molecular weight excluding hydrogens is 539 g/mol. The molecule has 10 nitrogen and oxygen atoms in total. The van der Waals surface area contributed by atoms with Crippen molar-refractivity contribution in [2.24, 2.45) is 5.73 Å². The van der Waals surface area contributed by atoms with Crippen LogP contribution in [0, 0.1) is 5.82 Å². The van der Waals surface area contributed by atoms with Gasteiger partial charge in [0.05, 0.1) is 31.3 Å². The lowest BCUT2D eigenvalue weighted by Crippen LogP contribution is -2.32. The van der Waals surface area contributed by atoms with Crippen LogP contribution >= 0.6 is 0 Å². The van der Waals surface area contributed by atoms with E-state index < -0.39 is 17.8 Å². The number of hydrogen-bond donors (Lipinski definition) is 1. The summed E-state index contributed by atoms with van der Waals surface area (Å²) in [7, 11) is 1.62. The van der Waals surface area contributed by atoms with Crippen molar-refractivity contribution in [3.63, 3.8) is 0 Å². The highest BCUT2D eigenvalue weighted by Gasteiger charge is 2.23. The highest BCUT2D eigenvalue weighted by Crippen LogP contribution is 2.37.